The molecular weight excluding hydrogens is 295 g/mol. The molecule has 0 aliphatic carbocycles. The molecule has 1 aromatic heterocycles. The second-order valence-corrected chi connectivity index (χ2v) is 4.74. The van der Waals surface area contributed by atoms with Crippen LogP contribution in [0.4, 0.5) is 5.69 Å². The van der Waals surface area contributed by atoms with Gasteiger partial charge in [0.1, 0.15) is 5.15 Å². The Hall–Kier alpha value is -1.29. The van der Waals surface area contributed by atoms with Crippen LogP contribution in [-0.2, 0) is 0 Å². The monoisotopic (exact) mass is 300 g/mol. The van der Waals surface area contributed by atoms with E-state index in [1.54, 1.807) is 18.2 Å². The van der Waals surface area contributed by atoms with Gasteiger partial charge < -0.3 is 5.32 Å². The fourth-order valence-corrected chi connectivity index (χ4v) is 2.07. The van der Waals surface area contributed by atoms with Crippen LogP contribution in [0, 0.1) is 0 Å². The lowest BCUT2D eigenvalue weighted by Gasteiger charge is -2.06. The van der Waals surface area contributed by atoms with E-state index in [9.17, 15) is 4.79 Å². The zero-order chi connectivity index (χ0) is 13.1. The number of halogens is 3. The van der Waals surface area contributed by atoms with Crippen molar-refractivity contribution in [3.05, 3.63) is 57.3 Å². The van der Waals surface area contributed by atoms with Gasteiger partial charge in [0.25, 0.3) is 5.91 Å². The van der Waals surface area contributed by atoms with Crippen LogP contribution in [0.15, 0.2) is 36.5 Å². The van der Waals surface area contributed by atoms with Gasteiger partial charge in [-0.15, -0.1) is 0 Å². The van der Waals surface area contributed by atoms with E-state index in [2.05, 4.69) is 10.3 Å². The molecule has 0 bridgehead atoms. The molecule has 0 saturated heterocycles. The smallest absolute Gasteiger partial charge is 0.255 e. The summed E-state index contributed by atoms with van der Waals surface area (Å²) in [4.78, 5) is 15.8. The molecule has 0 fully saturated rings. The first-order valence-electron chi connectivity index (χ1n) is 4.93. The molecule has 2 rings (SSSR count). The van der Waals surface area contributed by atoms with E-state index in [1.165, 1.54) is 18.3 Å². The first kappa shape index (κ1) is 13.1. The van der Waals surface area contributed by atoms with Gasteiger partial charge in [-0.05, 0) is 30.3 Å². The third-order valence-corrected chi connectivity index (χ3v) is 2.75. The van der Waals surface area contributed by atoms with Crippen LogP contribution in [0.1, 0.15) is 10.4 Å². The van der Waals surface area contributed by atoms with Crippen LogP contribution in [0.3, 0.4) is 0 Å². The Morgan fingerprint density at radius 3 is 2.33 bits per heavy atom. The van der Waals surface area contributed by atoms with E-state index >= 15 is 0 Å². The average molecular weight is 302 g/mol. The minimum atomic E-state index is -0.318. The molecule has 1 aromatic carbocycles. The molecular formula is C12H7Cl3N2O. The summed E-state index contributed by atoms with van der Waals surface area (Å²) in [5.41, 5.74) is 0.927. The molecule has 18 heavy (non-hydrogen) atoms. The minimum Gasteiger partial charge on any atom is -0.322 e. The molecule has 1 amide bonds. The van der Waals surface area contributed by atoms with Gasteiger partial charge in [0.05, 0.1) is 0 Å². The number of nitrogens with zero attached hydrogens (tertiary/aromatic N) is 1. The van der Waals surface area contributed by atoms with Gasteiger partial charge in [-0.3, -0.25) is 4.79 Å². The van der Waals surface area contributed by atoms with E-state index in [-0.39, 0.29) is 5.91 Å². The maximum Gasteiger partial charge on any atom is 0.255 e. The van der Waals surface area contributed by atoms with Gasteiger partial charge in [0, 0.05) is 27.5 Å². The molecule has 0 atom stereocenters. The lowest BCUT2D eigenvalue weighted by Crippen LogP contribution is -2.11. The van der Waals surface area contributed by atoms with Crippen molar-refractivity contribution in [2.24, 2.45) is 0 Å². The summed E-state index contributed by atoms with van der Waals surface area (Å²) < 4.78 is 0. The SMILES string of the molecule is O=C(Nc1ccnc(Cl)c1)c1cc(Cl)cc(Cl)c1. The fraction of sp³-hybridized carbons (Fsp3) is 0. The maximum atomic E-state index is 11.9. The standard InChI is InChI=1S/C12H7Cl3N2O/c13-8-3-7(4-9(14)5-8)12(18)17-10-1-2-16-11(15)6-10/h1-6H,(H,16,17,18). The molecule has 0 aliphatic heterocycles. The molecule has 3 nitrogen and oxygen atoms in total. The molecule has 0 saturated carbocycles. The van der Waals surface area contributed by atoms with E-state index in [0.29, 0.717) is 26.4 Å². The van der Waals surface area contributed by atoms with Gasteiger partial charge in [-0.1, -0.05) is 34.8 Å². The van der Waals surface area contributed by atoms with Crippen LogP contribution in [0.2, 0.25) is 15.2 Å². The van der Waals surface area contributed by atoms with Crippen molar-refractivity contribution in [2.45, 2.75) is 0 Å². The first-order valence-corrected chi connectivity index (χ1v) is 6.07. The number of rotatable bonds is 2. The number of pyridine rings is 1. The number of benzene rings is 1. The van der Waals surface area contributed by atoms with Crippen molar-refractivity contribution < 1.29 is 4.79 Å². The lowest BCUT2D eigenvalue weighted by atomic mass is 10.2. The number of amides is 1. The number of hydrogen-bond acceptors (Lipinski definition) is 2. The van der Waals surface area contributed by atoms with Gasteiger partial charge >= 0.3 is 0 Å². The topological polar surface area (TPSA) is 42.0 Å². The summed E-state index contributed by atoms with van der Waals surface area (Å²) in [7, 11) is 0. The Balaban J connectivity index is 2.22. The summed E-state index contributed by atoms with van der Waals surface area (Å²) in [6.07, 6.45) is 1.50. The molecule has 0 aliphatic rings. The number of hydrogen-bond donors (Lipinski definition) is 1. The first-order chi connectivity index (χ1) is 8.54. The van der Waals surface area contributed by atoms with E-state index in [1.807, 2.05) is 0 Å². The second kappa shape index (κ2) is 5.57. The Morgan fingerprint density at radius 2 is 1.72 bits per heavy atom. The van der Waals surface area contributed by atoms with Gasteiger partial charge in [-0.25, -0.2) is 4.98 Å². The van der Waals surface area contributed by atoms with E-state index in [4.69, 9.17) is 34.8 Å². The van der Waals surface area contributed by atoms with Crippen molar-refractivity contribution in [3.63, 3.8) is 0 Å². The summed E-state index contributed by atoms with van der Waals surface area (Å²) >= 11 is 17.4. The molecule has 6 heteroatoms. The van der Waals surface area contributed by atoms with Gasteiger partial charge in [0.2, 0.25) is 0 Å². The number of anilines is 1. The highest BCUT2D eigenvalue weighted by atomic mass is 35.5. The summed E-state index contributed by atoms with van der Waals surface area (Å²) in [5.74, 6) is -0.318. The number of nitrogens with one attached hydrogen (secondary N) is 1. The van der Waals surface area contributed by atoms with Gasteiger partial charge in [-0.2, -0.15) is 0 Å². The average Bonchev–Trinajstić information content (AvgIpc) is 2.27. The lowest BCUT2D eigenvalue weighted by molar-refractivity contribution is 0.102. The fourth-order valence-electron chi connectivity index (χ4n) is 1.37. The number of carbonyl (C=O) groups excluding carboxylic acids is 1. The molecule has 0 unspecified atom stereocenters. The Labute approximate surface area is 119 Å². The zero-order valence-electron chi connectivity index (χ0n) is 8.95. The van der Waals surface area contributed by atoms with Crippen LogP contribution < -0.4 is 5.32 Å². The normalized spacial score (nSPS) is 10.2. The van der Waals surface area contributed by atoms with Crippen LogP contribution in [0.5, 0.6) is 0 Å². The van der Waals surface area contributed by atoms with Crippen molar-refractivity contribution in [1.29, 1.82) is 0 Å². The zero-order valence-corrected chi connectivity index (χ0v) is 11.2. The predicted molar refractivity (Wildman–Crippen MR) is 73.7 cm³/mol. The second-order valence-electron chi connectivity index (χ2n) is 3.48. The van der Waals surface area contributed by atoms with Crippen molar-refractivity contribution >= 4 is 46.4 Å². The Morgan fingerprint density at radius 1 is 1.06 bits per heavy atom. The number of carbonyl (C=O) groups is 1. The quantitative estimate of drug-likeness (QED) is 0.841. The molecule has 2 aromatic rings. The summed E-state index contributed by atoms with van der Waals surface area (Å²) in [5, 5.41) is 3.78. The van der Waals surface area contributed by atoms with Gasteiger partial charge in [0.15, 0.2) is 0 Å². The maximum absolute atomic E-state index is 11.9. The van der Waals surface area contributed by atoms with Crippen molar-refractivity contribution in [3.8, 4) is 0 Å². The molecule has 92 valence electrons. The van der Waals surface area contributed by atoms with E-state index < -0.39 is 0 Å². The third-order valence-electron chi connectivity index (χ3n) is 2.11. The van der Waals surface area contributed by atoms with Crippen LogP contribution >= 0.6 is 34.8 Å². The molecule has 1 heterocycles. The minimum absolute atomic E-state index is 0.303. The van der Waals surface area contributed by atoms with Crippen molar-refractivity contribution in [1.82, 2.24) is 4.98 Å². The summed E-state index contributed by atoms with van der Waals surface area (Å²) in [6.45, 7) is 0. The highest BCUT2D eigenvalue weighted by Gasteiger charge is 2.08. The Kier molecular flexibility index (Phi) is 4.07. The third kappa shape index (κ3) is 3.35. The van der Waals surface area contributed by atoms with Crippen LogP contribution in [0.25, 0.3) is 0 Å². The van der Waals surface area contributed by atoms with Crippen molar-refractivity contribution in [2.75, 3.05) is 5.32 Å². The highest BCUT2D eigenvalue weighted by molar-refractivity contribution is 6.35. The largest absolute Gasteiger partial charge is 0.322 e. The Bertz CT molecular complexity index is 581. The molecule has 1 N–H and O–H groups in total. The van der Waals surface area contributed by atoms with Crippen LogP contribution in [-0.4, -0.2) is 10.9 Å². The predicted octanol–water partition coefficient (Wildman–Crippen LogP) is 4.29. The highest BCUT2D eigenvalue weighted by Crippen LogP contribution is 2.20. The number of aromatic nitrogens is 1. The molecule has 0 radical (unpaired) electrons. The summed E-state index contributed by atoms with van der Waals surface area (Å²) in [6, 6.07) is 7.81. The molecule has 0 spiro atoms. The van der Waals surface area contributed by atoms with E-state index in [0.717, 1.165) is 0 Å².